The number of hydrogen-bond acceptors (Lipinski definition) is 3. The van der Waals surface area contributed by atoms with Crippen LogP contribution in [0.5, 0.6) is 0 Å². The van der Waals surface area contributed by atoms with Crippen LogP contribution in [0.3, 0.4) is 0 Å². The zero-order chi connectivity index (χ0) is 22.4. The van der Waals surface area contributed by atoms with E-state index in [1.807, 2.05) is 30.3 Å². The zero-order valence-corrected chi connectivity index (χ0v) is 18.9. The molecule has 2 amide bonds. The Balaban J connectivity index is 1.63. The quantitative estimate of drug-likeness (QED) is 0.489. The molecule has 3 aromatic carbocycles. The maximum atomic E-state index is 12.8. The van der Waals surface area contributed by atoms with Gasteiger partial charge in [-0.1, -0.05) is 59.6 Å². The van der Waals surface area contributed by atoms with Gasteiger partial charge in [-0.25, -0.2) is 0 Å². The van der Waals surface area contributed by atoms with Crippen LogP contribution in [0, 0.1) is 0 Å². The van der Waals surface area contributed by atoms with Gasteiger partial charge in [0.25, 0.3) is 11.8 Å². The Bertz CT molecular complexity index is 1120. The van der Waals surface area contributed by atoms with E-state index < -0.39 is 5.91 Å². The first kappa shape index (κ1) is 22.7. The van der Waals surface area contributed by atoms with E-state index >= 15 is 0 Å². The summed E-state index contributed by atoms with van der Waals surface area (Å²) in [5, 5.41) is 6.22. The second-order valence-electron chi connectivity index (χ2n) is 6.76. The summed E-state index contributed by atoms with van der Waals surface area (Å²) in [5.41, 5.74) is 2.36. The van der Waals surface area contributed by atoms with Crippen LogP contribution < -0.4 is 10.6 Å². The van der Waals surface area contributed by atoms with Crippen molar-refractivity contribution in [1.82, 2.24) is 10.2 Å². The van der Waals surface area contributed by atoms with Crippen molar-refractivity contribution in [2.24, 2.45) is 0 Å². The summed E-state index contributed by atoms with van der Waals surface area (Å²) in [6, 6.07) is 21.2. The van der Waals surface area contributed by atoms with Gasteiger partial charge in [-0.15, -0.1) is 0 Å². The van der Waals surface area contributed by atoms with E-state index in [4.69, 9.17) is 35.4 Å². The number of rotatable bonds is 5. The molecule has 158 valence electrons. The van der Waals surface area contributed by atoms with Gasteiger partial charge < -0.3 is 10.2 Å². The molecule has 0 radical (unpaired) electrons. The van der Waals surface area contributed by atoms with Gasteiger partial charge in [-0.3, -0.25) is 14.9 Å². The van der Waals surface area contributed by atoms with Gasteiger partial charge in [0.05, 0.1) is 10.6 Å². The normalized spacial score (nSPS) is 10.3. The average molecular weight is 472 g/mol. The van der Waals surface area contributed by atoms with Crippen LogP contribution in [-0.2, 0) is 6.54 Å². The summed E-state index contributed by atoms with van der Waals surface area (Å²) in [6.45, 7) is 0.494. The van der Waals surface area contributed by atoms with Gasteiger partial charge in [0.15, 0.2) is 5.11 Å². The molecule has 0 fully saturated rings. The molecule has 31 heavy (non-hydrogen) atoms. The summed E-state index contributed by atoms with van der Waals surface area (Å²) >= 11 is 17.1. The first-order chi connectivity index (χ1) is 14.8. The van der Waals surface area contributed by atoms with Crippen molar-refractivity contribution < 1.29 is 9.59 Å². The fraction of sp³-hybridized carbons (Fsp3) is 0.0870. The lowest BCUT2D eigenvalue weighted by Crippen LogP contribution is -2.34. The fourth-order valence-electron chi connectivity index (χ4n) is 2.89. The lowest BCUT2D eigenvalue weighted by Gasteiger charge is -2.18. The van der Waals surface area contributed by atoms with Crippen molar-refractivity contribution >= 4 is 58.0 Å². The Morgan fingerprint density at radius 1 is 0.968 bits per heavy atom. The molecule has 2 N–H and O–H groups in total. The number of hydrogen-bond donors (Lipinski definition) is 2. The highest BCUT2D eigenvalue weighted by Gasteiger charge is 2.15. The number of amides is 2. The summed E-state index contributed by atoms with van der Waals surface area (Å²) in [7, 11) is 1.75. The topological polar surface area (TPSA) is 61.4 Å². The van der Waals surface area contributed by atoms with Gasteiger partial charge in [0.2, 0.25) is 0 Å². The Kier molecular flexibility index (Phi) is 7.63. The largest absolute Gasteiger partial charge is 0.337 e. The van der Waals surface area contributed by atoms with Crippen LogP contribution >= 0.6 is 35.4 Å². The predicted octanol–water partition coefficient (Wildman–Crippen LogP) is 5.39. The predicted molar refractivity (Wildman–Crippen MR) is 129 cm³/mol. The lowest BCUT2D eigenvalue weighted by molar-refractivity contribution is 0.0785. The van der Waals surface area contributed by atoms with Crippen molar-refractivity contribution in [3.63, 3.8) is 0 Å². The van der Waals surface area contributed by atoms with E-state index in [1.54, 1.807) is 42.3 Å². The third kappa shape index (κ3) is 6.28. The fourth-order valence-corrected chi connectivity index (χ4v) is 3.59. The van der Waals surface area contributed by atoms with E-state index in [2.05, 4.69) is 10.6 Å². The van der Waals surface area contributed by atoms with E-state index in [0.717, 1.165) is 5.56 Å². The molecule has 0 atom stereocenters. The highest BCUT2D eigenvalue weighted by atomic mass is 35.5. The van der Waals surface area contributed by atoms with Crippen LogP contribution in [-0.4, -0.2) is 28.9 Å². The maximum Gasteiger partial charge on any atom is 0.258 e. The smallest absolute Gasteiger partial charge is 0.258 e. The average Bonchev–Trinajstić information content (AvgIpc) is 2.73. The summed E-state index contributed by atoms with van der Waals surface area (Å²) in [5.74, 6) is -0.593. The van der Waals surface area contributed by atoms with Crippen molar-refractivity contribution in [2.45, 2.75) is 6.54 Å². The van der Waals surface area contributed by atoms with Gasteiger partial charge in [0.1, 0.15) is 0 Å². The molecule has 0 unspecified atom stereocenters. The van der Waals surface area contributed by atoms with E-state index in [9.17, 15) is 9.59 Å². The van der Waals surface area contributed by atoms with Crippen LogP contribution in [0.4, 0.5) is 5.69 Å². The molecular weight excluding hydrogens is 453 g/mol. The molecule has 0 aromatic heterocycles. The standard InChI is InChI=1S/C23H19Cl2N3O2S/c1-28(14-15-6-3-2-4-7-15)22(30)16-8-5-9-18(12-16)26-23(31)27-21(29)19-11-10-17(24)13-20(19)25/h2-13H,14H2,1H3,(H2,26,27,29,31). The molecule has 0 saturated heterocycles. The van der Waals surface area contributed by atoms with Crippen LogP contribution in [0.15, 0.2) is 72.8 Å². The molecular formula is C23H19Cl2N3O2S. The highest BCUT2D eigenvalue weighted by molar-refractivity contribution is 7.80. The summed E-state index contributed by atoms with van der Waals surface area (Å²) in [6.07, 6.45) is 0. The molecule has 5 nitrogen and oxygen atoms in total. The maximum absolute atomic E-state index is 12.8. The Morgan fingerprint density at radius 2 is 1.71 bits per heavy atom. The first-order valence-electron chi connectivity index (χ1n) is 9.30. The van der Waals surface area contributed by atoms with Gasteiger partial charge in [-0.05, 0) is 54.2 Å². The second-order valence-corrected chi connectivity index (χ2v) is 8.01. The molecule has 0 spiro atoms. The first-order valence-corrected chi connectivity index (χ1v) is 10.5. The monoisotopic (exact) mass is 471 g/mol. The van der Waals surface area contributed by atoms with Crippen molar-refractivity contribution in [2.75, 3.05) is 12.4 Å². The molecule has 0 saturated carbocycles. The second kappa shape index (κ2) is 10.4. The van der Waals surface area contributed by atoms with E-state index in [-0.39, 0.29) is 21.6 Å². The molecule has 3 rings (SSSR count). The number of carbonyl (C=O) groups excluding carboxylic acids is 2. The molecule has 3 aromatic rings. The zero-order valence-electron chi connectivity index (χ0n) is 16.6. The highest BCUT2D eigenvalue weighted by Crippen LogP contribution is 2.21. The Hall–Kier alpha value is -2.93. The van der Waals surface area contributed by atoms with Crippen LogP contribution in [0.25, 0.3) is 0 Å². The van der Waals surface area contributed by atoms with E-state index in [1.165, 1.54) is 12.1 Å². The van der Waals surface area contributed by atoms with Crippen LogP contribution in [0.1, 0.15) is 26.3 Å². The number of benzene rings is 3. The number of nitrogens with one attached hydrogen (secondary N) is 2. The Labute approximate surface area is 196 Å². The van der Waals surface area contributed by atoms with Gasteiger partial charge in [-0.2, -0.15) is 0 Å². The van der Waals surface area contributed by atoms with Crippen molar-refractivity contribution in [3.8, 4) is 0 Å². The van der Waals surface area contributed by atoms with Gasteiger partial charge >= 0.3 is 0 Å². The minimum absolute atomic E-state index is 0.0817. The van der Waals surface area contributed by atoms with Crippen molar-refractivity contribution in [3.05, 3.63) is 99.5 Å². The third-order valence-corrected chi connectivity index (χ3v) is 5.13. The summed E-state index contributed by atoms with van der Waals surface area (Å²) in [4.78, 5) is 26.8. The van der Waals surface area contributed by atoms with Gasteiger partial charge in [0, 0.05) is 29.9 Å². The molecule has 0 aliphatic rings. The number of nitrogens with zero attached hydrogens (tertiary/aromatic N) is 1. The Morgan fingerprint density at radius 3 is 2.42 bits per heavy atom. The minimum Gasteiger partial charge on any atom is -0.337 e. The van der Waals surface area contributed by atoms with Crippen molar-refractivity contribution in [1.29, 1.82) is 0 Å². The van der Waals surface area contributed by atoms with Crippen LogP contribution in [0.2, 0.25) is 10.0 Å². The number of thiocarbonyl (C=S) groups is 1. The number of anilines is 1. The molecule has 0 heterocycles. The van der Waals surface area contributed by atoms with E-state index in [0.29, 0.717) is 22.8 Å². The lowest BCUT2D eigenvalue weighted by atomic mass is 10.1. The number of carbonyl (C=O) groups is 2. The molecule has 8 heteroatoms. The SMILES string of the molecule is CN(Cc1ccccc1)C(=O)c1cccc(NC(=S)NC(=O)c2ccc(Cl)cc2Cl)c1. The summed E-state index contributed by atoms with van der Waals surface area (Å²) < 4.78 is 0. The minimum atomic E-state index is -0.464. The molecule has 0 aliphatic carbocycles. The third-order valence-electron chi connectivity index (χ3n) is 4.38. The molecule has 0 aliphatic heterocycles. The number of halogens is 2. The molecule has 0 bridgehead atoms.